The Morgan fingerprint density at radius 2 is 1.41 bits per heavy atom. The maximum Gasteiger partial charge on any atom is 0.305 e. The minimum Gasteiger partial charge on any atom is -0.481 e. The van der Waals surface area contributed by atoms with E-state index in [2.05, 4.69) is 62.6 Å². The molecular formula is C55H67N5O8S2. The van der Waals surface area contributed by atoms with Crippen molar-refractivity contribution in [2.75, 3.05) is 47.4 Å². The molecule has 0 saturated carbocycles. The van der Waals surface area contributed by atoms with Crippen LogP contribution in [0.25, 0.3) is 0 Å². The van der Waals surface area contributed by atoms with Gasteiger partial charge in [0.25, 0.3) is 5.91 Å². The predicted molar refractivity (Wildman–Crippen MR) is 282 cm³/mol. The Morgan fingerprint density at radius 3 is 2.07 bits per heavy atom. The summed E-state index contributed by atoms with van der Waals surface area (Å²) in [6.07, 6.45) is 23.2. The smallest absolute Gasteiger partial charge is 0.305 e. The number of carbonyl (C=O) groups excluding carboxylic acids is 2. The van der Waals surface area contributed by atoms with Crippen LogP contribution in [0.15, 0.2) is 113 Å². The molecule has 0 bridgehead atoms. The molecule has 1 saturated heterocycles. The van der Waals surface area contributed by atoms with Gasteiger partial charge < -0.3 is 34.9 Å². The van der Waals surface area contributed by atoms with Crippen molar-refractivity contribution in [2.24, 2.45) is 5.41 Å². The molecule has 0 aromatic heterocycles. The minimum absolute atomic E-state index is 0.0660. The Kier molecular flexibility index (Phi) is 16.6. The van der Waals surface area contributed by atoms with Crippen molar-refractivity contribution < 1.29 is 39.3 Å². The van der Waals surface area contributed by atoms with Gasteiger partial charge in [0, 0.05) is 60.5 Å². The zero-order valence-electron chi connectivity index (χ0n) is 41.1. The minimum atomic E-state index is -0.957. The quantitative estimate of drug-likeness (QED) is 0.0548. The molecule has 4 heterocycles. The standard InChI is InChI=1S/C55H67N5O8S2/c1-6-7-8-9-10-15-30-56-41-18-12-11-17-39(41)54(2,3)47(56)26-25-45-52(68)60(53(69)70-45)36-38(61)34-37-23-24-42-40(35-37)55(4,5)46(57(42)31-27-49(62)63)21-16-22-48-58(32-28-50(64)65)43-19-13-14-20-44(43)59(48)33-29-51(66)67/h12-14,16,18-26,35,46H,6-11,15,17,27-34,36H2,1-5H3,(H,62,63)(H,64,65)(H,66,67)/b21-16+,45-25+,47-26-. The average Bonchev–Trinajstić information content (AvgIpc) is 3.91. The van der Waals surface area contributed by atoms with Gasteiger partial charge in [-0.2, -0.15) is 0 Å². The maximum absolute atomic E-state index is 13.9. The van der Waals surface area contributed by atoms with Gasteiger partial charge in [-0.15, -0.1) is 0 Å². The molecule has 1 fully saturated rings. The van der Waals surface area contributed by atoms with Crippen molar-refractivity contribution in [2.45, 2.75) is 123 Å². The number of carboxylic acids is 3. The predicted octanol–water partition coefficient (Wildman–Crippen LogP) is 10.3. The van der Waals surface area contributed by atoms with Crippen LogP contribution in [0.5, 0.6) is 0 Å². The third-order valence-corrected chi connectivity index (χ3v) is 15.6. The van der Waals surface area contributed by atoms with E-state index in [1.165, 1.54) is 65.7 Å². The van der Waals surface area contributed by atoms with Gasteiger partial charge in [-0.1, -0.05) is 133 Å². The van der Waals surface area contributed by atoms with Crippen molar-refractivity contribution in [3.8, 4) is 0 Å². The molecule has 372 valence electrons. The number of nitrogens with zero attached hydrogens (tertiary/aromatic N) is 5. The number of hydrogen-bond donors (Lipinski definition) is 3. The Balaban J connectivity index is 1.07. The number of allylic oxidation sites excluding steroid dienone is 7. The Morgan fingerprint density at radius 1 is 0.771 bits per heavy atom. The second kappa shape index (κ2) is 22.4. The molecule has 15 heteroatoms. The van der Waals surface area contributed by atoms with Gasteiger partial charge >= 0.3 is 17.9 Å². The number of Topliss-reactive ketones (excluding diaryl/α,β-unsaturated/α-hetero) is 1. The SMILES string of the molecule is CCCCCCCCN1C2=C(CCC=C2)C(C)(C)/C1=C/C=C1/SC(=S)N(CC(=O)Cc2ccc3c(c2)C(C)(C)C(/C=C/C=C2N(CCC(=O)O)c4ccccc4N2CCC(=O)O)N3CCC(=O)O)C1=O. The van der Waals surface area contributed by atoms with Crippen molar-refractivity contribution >= 4 is 75.0 Å². The van der Waals surface area contributed by atoms with E-state index in [1.54, 1.807) is 0 Å². The van der Waals surface area contributed by atoms with Crippen LogP contribution in [0.2, 0.25) is 0 Å². The fourth-order valence-corrected chi connectivity index (χ4v) is 11.8. The van der Waals surface area contributed by atoms with E-state index in [-0.39, 0.29) is 75.0 Å². The molecule has 70 heavy (non-hydrogen) atoms. The number of anilines is 3. The molecule has 1 unspecified atom stereocenters. The molecule has 1 amide bonds. The van der Waals surface area contributed by atoms with Gasteiger partial charge in [0.05, 0.1) is 48.1 Å². The van der Waals surface area contributed by atoms with E-state index < -0.39 is 23.3 Å². The third-order valence-electron chi connectivity index (χ3n) is 14.2. The summed E-state index contributed by atoms with van der Waals surface area (Å²) in [5.74, 6) is -2.66. The first kappa shape index (κ1) is 51.9. The third kappa shape index (κ3) is 11.3. The molecule has 2 aromatic carbocycles. The monoisotopic (exact) mass is 989 g/mol. The molecule has 1 aliphatic carbocycles. The largest absolute Gasteiger partial charge is 0.481 e. The number of aliphatic carboxylic acids is 3. The molecule has 0 radical (unpaired) electrons. The lowest BCUT2D eigenvalue weighted by Gasteiger charge is -2.32. The van der Waals surface area contributed by atoms with Crippen molar-refractivity contribution in [3.63, 3.8) is 0 Å². The lowest BCUT2D eigenvalue weighted by Crippen LogP contribution is -2.41. The normalized spacial score (nSPS) is 20.2. The van der Waals surface area contributed by atoms with Crippen LogP contribution < -0.4 is 14.7 Å². The van der Waals surface area contributed by atoms with Gasteiger partial charge in [0.1, 0.15) is 10.1 Å². The van der Waals surface area contributed by atoms with Crippen LogP contribution in [0.4, 0.5) is 17.1 Å². The first-order valence-corrected chi connectivity index (χ1v) is 25.9. The fourth-order valence-electron chi connectivity index (χ4n) is 10.6. The van der Waals surface area contributed by atoms with Gasteiger partial charge in [0.2, 0.25) is 0 Å². The van der Waals surface area contributed by atoms with Crippen molar-refractivity contribution in [1.29, 1.82) is 0 Å². The summed E-state index contributed by atoms with van der Waals surface area (Å²) in [5.41, 5.74) is 7.25. The van der Waals surface area contributed by atoms with Crippen LogP contribution in [0, 0.1) is 5.41 Å². The van der Waals surface area contributed by atoms with Gasteiger partial charge in [-0.3, -0.25) is 28.9 Å². The van der Waals surface area contributed by atoms with E-state index in [1.807, 2.05) is 76.6 Å². The number of thiocarbonyl (C=S) groups is 1. The fraction of sp³-hybridized carbons (Fsp3) is 0.455. The van der Waals surface area contributed by atoms with E-state index >= 15 is 0 Å². The number of benzene rings is 2. The number of unbranched alkanes of at least 4 members (excludes halogenated alkanes) is 5. The molecule has 7 rings (SSSR count). The summed E-state index contributed by atoms with van der Waals surface area (Å²) >= 11 is 6.93. The molecular weight excluding hydrogens is 923 g/mol. The highest BCUT2D eigenvalue weighted by Crippen LogP contribution is 2.51. The van der Waals surface area contributed by atoms with Crippen LogP contribution in [0.1, 0.15) is 116 Å². The Bertz CT molecular complexity index is 2540. The molecule has 1 atom stereocenters. The summed E-state index contributed by atoms with van der Waals surface area (Å²) in [6, 6.07) is 13.0. The summed E-state index contributed by atoms with van der Waals surface area (Å²) in [6.45, 7) is 12.3. The topological polar surface area (TPSA) is 162 Å². The highest BCUT2D eigenvalue weighted by molar-refractivity contribution is 8.26. The number of carbonyl (C=O) groups is 5. The van der Waals surface area contributed by atoms with Crippen molar-refractivity contribution in [3.05, 3.63) is 124 Å². The number of amides is 1. The molecule has 4 aliphatic heterocycles. The number of rotatable bonds is 23. The summed E-state index contributed by atoms with van der Waals surface area (Å²) in [4.78, 5) is 73.3. The summed E-state index contributed by atoms with van der Waals surface area (Å²) < 4.78 is 0.350. The molecule has 0 spiro atoms. The highest BCUT2D eigenvalue weighted by atomic mass is 32.2. The summed E-state index contributed by atoms with van der Waals surface area (Å²) in [5, 5.41) is 28.9. The number of carboxylic acid groups (broad SMARTS) is 3. The lowest BCUT2D eigenvalue weighted by atomic mass is 9.79. The van der Waals surface area contributed by atoms with Gasteiger partial charge in [-0.25, -0.2) is 0 Å². The Hall–Kier alpha value is -5.93. The number of ketones is 1. The van der Waals surface area contributed by atoms with Crippen LogP contribution in [0.3, 0.4) is 0 Å². The van der Waals surface area contributed by atoms with E-state index in [0.717, 1.165) is 54.0 Å². The first-order chi connectivity index (χ1) is 33.4. The number of thioether (sulfide) groups is 1. The van der Waals surface area contributed by atoms with Gasteiger partial charge in [-0.05, 0) is 78.5 Å². The average molecular weight is 990 g/mol. The molecule has 2 aromatic rings. The van der Waals surface area contributed by atoms with Crippen molar-refractivity contribution in [1.82, 2.24) is 9.80 Å². The Labute approximate surface area is 421 Å². The maximum atomic E-state index is 13.9. The molecule has 13 nitrogen and oxygen atoms in total. The second-order valence-corrected chi connectivity index (χ2v) is 21.4. The van der Waals surface area contributed by atoms with E-state index in [4.69, 9.17) is 12.2 Å². The highest BCUT2D eigenvalue weighted by Gasteiger charge is 2.44. The van der Waals surface area contributed by atoms with Crippen LogP contribution in [-0.4, -0.2) is 97.8 Å². The van der Waals surface area contributed by atoms with E-state index in [0.29, 0.717) is 15.0 Å². The lowest BCUT2D eigenvalue weighted by molar-refractivity contribution is -0.137. The molecule has 3 N–H and O–H groups in total. The first-order valence-electron chi connectivity index (χ1n) is 24.7. The number of para-hydroxylation sites is 2. The number of hydrogen-bond acceptors (Lipinski definition) is 11. The zero-order valence-corrected chi connectivity index (χ0v) is 42.7. The number of fused-ring (bicyclic) bond motifs is 2. The second-order valence-electron chi connectivity index (χ2n) is 19.8. The van der Waals surface area contributed by atoms with E-state index in [9.17, 15) is 39.3 Å². The molecule has 5 aliphatic rings. The summed E-state index contributed by atoms with van der Waals surface area (Å²) in [7, 11) is 0. The van der Waals surface area contributed by atoms with Crippen LogP contribution >= 0.6 is 24.0 Å². The zero-order chi connectivity index (χ0) is 50.3. The van der Waals surface area contributed by atoms with Gasteiger partial charge in [0.15, 0.2) is 5.78 Å². The van der Waals surface area contributed by atoms with Crippen LogP contribution in [-0.2, 0) is 35.8 Å².